The summed E-state index contributed by atoms with van der Waals surface area (Å²) >= 11 is 0. The average Bonchev–Trinajstić information content (AvgIpc) is 3.42. The van der Waals surface area contributed by atoms with Gasteiger partial charge < -0.3 is 15.1 Å². The van der Waals surface area contributed by atoms with Crippen LogP contribution in [0.2, 0.25) is 0 Å². The molecule has 1 saturated carbocycles. The van der Waals surface area contributed by atoms with Crippen molar-refractivity contribution in [2.45, 2.75) is 37.3 Å². The Bertz CT molecular complexity index is 1750. The zero-order valence-corrected chi connectivity index (χ0v) is 22.5. The Hall–Kier alpha value is -4.48. The number of aliphatic hydroxyl groups excluding tert-OH is 1. The zero-order chi connectivity index (χ0) is 28.2. The molecule has 11 heteroatoms. The second kappa shape index (κ2) is 9.57. The minimum absolute atomic E-state index is 0.0952. The Labute approximate surface area is 235 Å². The fourth-order valence-corrected chi connectivity index (χ4v) is 5.40. The van der Waals surface area contributed by atoms with E-state index in [2.05, 4.69) is 42.2 Å². The third-order valence-electron chi connectivity index (χ3n) is 8.33. The van der Waals surface area contributed by atoms with Crippen molar-refractivity contribution in [3.63, 3.8) is 0 Å². The van der Waals surface area contributed by atoms with Gasteiger partial charge in [0.25, 0.3) is 0 Å². The van der Waals surface area contributed by atoms with E-state index in [0.29, 0.717) is 23.5 Å². The highest BCUT2D eigenvalue weighted by molar-refractivity contribution is 5.78. The Morgan fingerprint density at radius 2 is 1.76 bits per heavy atom. The molecule has 5 aromatic rings. The maximum atomic E-state index is 13.3. The van der Waals surface area contributed by atoms with Gasteiger partial charge in [0.2, 0.25) is 0 Å². The number of benzene rings is 1. The standard InChI is InChI=1S/C30H29FN8O2/c1-29(41,23-2-4-25(31)5-3-23)24-14-32-27(33-15-24)20-6-10-37(11-7-20)28-26-12-21(16-38(26)36-19-34-28)22-13-35-39(17-22)30(18-40)8-9-30/h2-6,12-17,19,40-41H,7-11,18H2,1H3/t29-/m0/s1. The van der Waals surface area contributed by atoms with E-state index in [1.54, 1.807) is 37.8 Å². The Balaban J connectivity index is 1.09. The molecule has 0 bridgehead atoms. The van der Waals surface area contributed by atoms with Crippen LogP contribution in [0.3, 0.4) is 0 Å². The topological polar surface area (TPSA) is 117 Å². The molecule has 2 aliphatic rings. The van der Waals surface area contributed by atoms with Crippen LogP contribution in [0.25, 0.3) is 22.2 Å². The average molecular weight is 553 g/mol. The molecule has 1 atom stereocenters. The van der Waals surface area contributed by atoms with Crippen LogP contribution in [-0.2, 0) is 11.1 Å². The number of aromatic nitrogens is 7. The van der Waals surface area contributed by atoms with E-state index >= 15 is 0 Å². The van der Waals surface area contributed by atoms with E-state index in [-0.39, 0.29) is 18.0 Å². The number of fused-ring (bicyclic) bond motifs is 1. The first-order valence-electron chi connectivity index (χ1n) is 13.6. The summed E-state index contributed by atoms with van der Waals surface area (Å²) in [6.45, 7) is 3.11. The van der Waals surface area contributed by atoms with Gasteiger partial charge >= 0.3 is 0 Å². The molecular weight excluding hydrogens is 523 g/mol. The lowest BCUT2D eigenvalue weighted by atomic mass is 9.90. The van der Waals surface area contributed by atoms with Crippen LogP contribution < -0.4 is 4.90 Å². The Morgan fingerprint density at radius 3 is 2.44 bits per heavy atom. The van der Waals surface area contributed by atoms with Crippen molar-refractivity contribution in [2.24, 2.45) is 0 Å². The van der Waals surface area contributed by atoms with Gasteiger partial charge in [0.1, 0.15) is 23.3 Å². The van der Waals surface area contributed by atoms with Crippen LogP contribution in [-0.4, -0.2) is 64.3 Å². The monoisotopic (exact) mass is 552 g/mol. The van der Waals surface area contributed by atoms with Crippen molar-refractivity contribution in [1.82, 2.24) is 34.3 Å². The molecule has 0 saturated heterocycles. The highest BCUT2D eigenvalue weighted by atomic mass is 19.1. The predicted molar refractivity (Wildman–Crippen MR) is 150 cm³/mol. The molecule has 0 unspecified atom stereocenters. The molecule has 1 aliphatic heterocycles. The lowest BCUT2D eigenvalue weighted by molar-refractivity contribution is 0.101. The smallest absolute Gasteiger partial charge is 0.156 e. The minimum atomic E-state index is -1.34. The molecule has 0 spiro atoms. The first-order chi connectivity index (χ1) is 19.9. The fourth-order valence-electron chi connectivity index (χ4n) is 5.40. The molecule has 1 fully saturated rings. The summed E-state index contributed by atoms with van der Waals surface area (Å²) < 4.78 is 17.1. The fraction of sp³-hybridized carbons (Fsp3) is 0.300. The van der Waals surface area contributed by atoms with Crippen LogP contribution in [0.15, 0.2) is 73.7 Å². The maximum Gasteiger partial charge on any atom is 0.156 e. The van der Waals surface area contributed by atoms with Crippen molar-refractivity contribution in [2.75, 3.05) is 24.6 Å². The van der Waals surface area contributed by atoms with Gasteiger partial charge in [-0.3, -0.25) is 4.68 Å². The third-order valence-corrected chi connectivity index (χ3v) is 8.33. The summed E-state index contributed by atoms with van der Waals surface area (Å²) in [4.78, 5) is 15.9. The van der Waals surface area contributed by atoms with Crippen LogP contribution in [0.5, 0.6) is 0 Å². The number of anilines is 1. The Kier molecular flexibility index (Phi) is 5.95. The number of hydrogen-bond donors (Lipinski definition) is 2. The van der Waals surface area contributed by atoms with E-state index in [0.717, 1.165) is 53.8 Å². The van der Waals surface area contributed by atoms with E-state index in [1.165, 1.54) is 12.1 Å². The second-order valence-electron chi connectivity index (χ2n) is 11.0. The van der Waals surface area contributed by atoms with E-state index in [1.807, 2.05) is 27.8 Å². The molecule has 5 heterocycles. The maximum absolute atomic E-state index is 13.3. The minimum Gasteiger partial charge on any atom is -0.394 e. The first-order valence-corrected chi connectivity index (χ1v) is 13.6. The van der Waals surface area contributed by atoms with Gasteiger partial charge in [0, 0.05) is 54.6 Å². The summed E-state index contributed by atoms with van der Waals surface area (Å²) in [7, 11) is 0. The van der Waals surface area contributed by atoms with Crippen LogP contribution in [0.4, 0.5) is 10.2 Å². The number of halogens is 1. The van der Waals surface area contributed by atoms with Gasteiger partial charge in [-0.05, 0) is 55.5 Å². The lowest BCUT2D eigenvalue weighted by Crippen LogP contribution is -2.30. The molecule has 10 nitrogen and oxygen atoms in total. The highest BCUT2D eigenvalue weighted by Crippen LogP contribution is 2.43. The molecule has 1 aliphatic carbocycles. The van der Waals surface area contributed by atoms with Gasteiger partial charge in [-0.2, -0.15) is 10.2 Å². The highest BCUT2D eigenvalue weighted by Gasteiger charge is 2.45. The molecule has 2 N–H and O–H groups in total. The normalized spacial score (nSPS) is 17.9. The van der Waals surface area contributed by atoms with E-state index < -0.39 is 5.60 Å². The van der Waals surface area contributed by atoms with Crippen molar-refractivity contribution >= 4 is 16.9 Å². The first kappa shape index (κ1) is 25.5. The molecule has 208 valence electrons. The van der Waals surface area contributed by atoms with E-state index in [4.69, 9.17) is 0 Å². The van der Waals surface area contributed by atoms with Crippen molar-refractivity contribution in [3.8, 4) is 11.1 Å². The second-order valence-corrected chi connectivity index (χ2v) is 11.0. The quantitative estimate of drug-likeness (QED) is 0.315. The van der Waals surface area contributed by atoms with Crippen molar-refractivity contribution in [1.29, 1.82) is 0 Å². The van der Waals surface area contributed by atoms with Gasteiger partial charge in [-0.25, -0.2) is 23.9 Å². The summed E-state index contributed by atoms with van der Waals surface area (Å²) in [5, 5.41) is 29.7. The molecule has 41 heavy (non-hydrogen) atoms. The number of aliphatic hydroxyl groups is 2. The molecule has 4 aromatic heterocycles. The Morgan fingerprint density at radius 1 is 0.976 bits per heavy atom. The lowest BCUT2D eigenvalue weighted by Gasteiger charge is -2.27. The van der Waals surface area contributed by atoms with Crippen LogP contribution >= 0.6 is 0 Å². The summed E-state index contributed by atoms with van der Waals surface area (Å²) in [6.07, 6.45) is 15.3. The molecular formula is C30H29FN8O2. The summed E-state index contributed by atoms with van der Waals surface area (Å²) in [5.74, 6) is 1.11. The molecule has 0 radical (unpaired) electrons. The molecule has 7 rings (SSSR count). The third kappa shape index (κ3) is 4.47. The number of nitrogens with zero attached hydrogens (tertiary/aromatic N) is 8. The van der Waals surface area contributed by atoms with Crippen LogP contribution in [0.1, 0.15) is 43.1 Å². The van der Waals surface area contributed by atoms with Gasteiger partial charge in [0.05, 0.1) is 18.3 Å². The summed E-state index contributed by atoms with van der Waals surface area (Å²) in [6, 6.07) is 7.85. The predicted octanol–water partition coefficient (Wildman–Crippen LogP) is 3.55. The largest absolute Gasteiger partial charge is 0.394 e. The van der Waals surface area contributed by atoms with E-state index in [9.17, 15) is 14.6 Å². The zero-order valence-electron chi connectivity index (χ0n) is 22.5. The van der Waals surface area contributed by atoms with Gasteiger partial charge in [-0.15, -0.1) is 0 Å². The van der Waals surface area contributed by atoms with Crippen molar-refractivity contribution < 1.29 is 14.6 Å². The molecule has 1 aromatic carbocycles. The number of rotatable bonds is 7. The SMILES string of the molecule is C[C@](O)(c1ccc(F)cc1)c1cnc(C2=CCN(c3ncnn4cc(-c5cnn(C6(CO)CC6)c5)cc34)CC2)nc1. The number of hydrogen-bond acceptors (Lipinski definition) is 8. The van der Waals surface area contributed by atoms with Gasteiger partial charge in [-0.1, -0.05) is 18.2 Å². The van der Waals surface area contributed by atoms with Gasteiger partial charge in [0.15, 0.2) is 11.6 Å². The van der Waals surface area contributed by atoms with Crippen molar-refractivity contribution in [3.05, 3.63) is 96.5 Å². The van der Waals surface area contributed by atoms with Crippen LogP contribution in [0, 0.1) is 5.82 Å². The summed E-state index contributed by atoms with van der Waals surface area (Å²) in [5.41, 5.74) is 3.41. The molecule has 0 amide bonds.